The Morgan fingerprint density at radius 3 is 2.58 bits per heavy atom. The summed E-state index contributed by atoms with van der Waals surface area (Å²) in [6.45, 7) is 0. The number of H-pyrrole nitrogens is 1. The average molecular weight is 342 g/mol. The van der Waals surface area contributed by atoms with Gasteiger partial charge in [0.15, 0.2) is 0 Å². The van der Waals surface area contributed by atoms with E-state index in [1.54, 1.807) is 30.6 Å². The normalized spacial score (nSPS) is 11.0. The molecule has 1 aromatic carbocycles. The lowest BCUT2D eigenvalue weighted by Crippen LogP contribution is -2.13. The van der Waals surface area contributed by atoms with Crippen LogP contribution in [0.25, 0.3) is 11.3 Å². The number of nitrogens with one attached hydrogen (secondary N) is 2. The van der Waals surface area contributed by atoms with Gasteiger partial charge < -0.3 is 4.98 Å². The minimum atomic E-state index is -3.96. The van der Waals surface area contributed by atoms with E-state index in [1.165, 1.54) is 24.4 Å². The summed E-state index contributed by atoms with van der Waals surface area (Å²) in [4.78, 5) is 6.73. The molecule has 0 atom stereocenters. The van der Waals surface area contributed by atoms with Gasteiger partial charge in [0.2, 0.25) is 0 Å². The first-order chi connectivity index (χ1) is 11.5. The van der Waals surface area contributed by atoms with Crippen molar-refractivity contribution in [2.24, 2.45) is 0 Å². The number of hydrogen-bond donors (Lipinski definition) is 2. The predicted octanol–water partition coefficient (Wildman–Crippen LogP) is 2.89. The van der Waals surface area contributed by atoms with Crippen molar-refractivity contribution in [1.82, 2.24) is 9.97 Å². The van der Waals surface area contributed by atoms with E-state index < -0.39 is 15.8 Å². The molecular formula is C16H11FN4O2S. The molecule has 0 bridgehead atoms. The average Bonchev–Trinajstić information content (AvgIpc) is 3.08. The zero-order valence-electron chi connectivity index (χ0n) is 12.2. The van der Waals surface area contributed by atoms with E-state index in [4.69, 9.17) is 5.26 Å². The SMILES string of the molecule is N#Cc1ccc(NS(=O)(=O)c2c[nH]c(-c3ccncc3)c2)c(F)c1. The van der Waals surface area contributed by atoms with Crippen molar-refractivity contribution >= 4 is 15.7 Å². The Kier molecular flexibility index (Phi) is 4.02. The summed E-state index contributed by atoms with van der Waals surface area (Å²) >= 11 is 0. The minimum Gasteiger partial charge on any atom is -0.360 e. The van der Waals surface area contributed by atoms with E-state index in [0.29, 0.717) is 5.69 Å². The molecular weight excluding hydrogens is 331 g/mol. The number of aromatic amines is 1. The van der Waals surface area contributed by atoms with E-state index in [-0.39, 0.29) is 16.1 Å². The molecule has 6 nitrogen and oxygen atoms in total. The van der Waals surface area contributed by atoms with Gasteiger partial charge in [-0.1, -0.05) is 0 Å². The number of rotatable bonds is 4. The van der Waals surface area contributed by atoms with Gasteiger partial charge in [-0.05, 0) is 36.4 Å². The van der Waals surface area contributed by atoms with E-state index in [1.807, 2.05) is 0 Å². The summed E-state index contributed by atoms with van der Waals surface area (Å²) in [5, 5.41) is 8.71. The van der Waals surface area contributed by atoms with Gasteiger partial charge in [0.1, 0.15) is 10.7 Å². The van der Waals surface area contributed by atoms with Crippen LogP contribution in [0.1, 0.15) is 5.56 Å². The largest absolute Gasteiger partial charge is 0.360 e. The number of hydrogen-bond acceptors (Lipinski definition) is 4. The van der Waals surface area contributed by atoms with Crippen molar-refractivity contribution in [3.8, 4) is 17.3 Å². The van der Waals surface area contributed by atoms with Crippen LogP contribution in [0.4, 0.5) is 10.1 Å². The molecule has 120 valence electrons. The highest BCUT2D eigenvalue weighted by atomic mass is 32.2. The van der Waals surface area contributed by atoms with Crippen molar-refractivity contribution in [3.63, 3.8) is 0 Å². The van der Waals surface area contributed by atoms with Crippen molar-refractivity contribution < 1.29 is 12.8 Å². The highest BCUT2D eigenvalue weighted by Crippen LogP contribution is 2.24. The van der Waals surface area contributed by atoms with E-state index in [0.717, 1.165) is 11.6 Å². The van der Waals surface area contributed by atoms with Gasteiger partial charge >= 0.3 is 0 Å². The highest BCUT2D eigenvalue weighted by Gasteiger charge is 2.18. The van der Waals surface area contributed by atoms with Crippen molar-refractivity contribution in [2.75, 3.05) is 4.72 Å². The van der Waals surface area contributed by atoms with Gasteiger partial charge in [0.05, 0.1) is 17.3 Å². The molecule has 0 unspecified atom stereocenters. The number of benzene rings is 1. The smallest absolute Gasteiger partial charge is 0.263 e. The van der Waals surface area contributed by atoms with Gasteiger partial charge in [-0.25, -0.2) is 12.8 Å². The van der Waals surface area contributed by atoms with Crippen LogP contribution in [0.2, 0.25) is 0 Å². The molecule has 0 aliphatic carbocycles. The fourth-order valence-electron chi connectivity index (χ4n) is 2.10. The first-order valence-electron chi connectivity index (χ1n) is 6.81. The molecule has 0 saturated carbocycles. The van der Waals surface area contributed by atoms with Crippen molar-refractivity contribution in [3.05, 3.63) is 66.4 Å². The van der Waals surface area contributed by atoms with Gasteiger partial charge in [-0.15, -0.1) is 0 Å². The fourth-order valence-corrected chi connectivity index (χ4v) is 3.16. The zero-order chi connectivity index (χ0) is 17.2. The van der Waals surface area contributed by atoms with Gasteiger partial charge in [-0.3, -0.25) is 9.71 Å². The summed E-state index contributed by atoms with van der Waals surface area (Å²) in [7, 11) is -3.96. The van der Waals surface area contributed by atoms with Crippen molar-refractivity contribution in [1.29, 1.82) is 5.26 Å². The number of halogens is 1. The van der Waals surface area contributed by atoms with Gasteiger partial charge in [-0.2, -0.15) is 5.26 Å². The first kappa shape index (κ1) is 15.7. The molecule has 0 saturated heterocycles. The number of nitriles is 1. The fraction of sp³-hybridized carbons (Fsp3) is 0. The maximum atomic E-state index is 13.9. The van der Waals surface area contributed by atoms with Crippen LogP contribution < -0.4 is 4.72 Å². The van der Waals surface area contributed by atoms with Crippen LogP contribution in [0.5, 0.6) is 0 Å². The lowest BCUT2D eigenvalue weighted by molar-refractivity contribution is 0.598. The number of nitrogens with zero attached hydrogens (tertiary/aromatic N) is 2. The molecule has 2 heterocycles. The Morgan fingerprint density at radius 2 is 1.92 bits per heavy atom. The second-order valence-corrected chi connectivity index (χ2v) is 6.58. The second-order valence-electron chi connectivity index (χ2n) is 4.90. The van der Waals surface area contributed by atoms with E-state index in [9.17, 15) is 12.8 Å². The number of anilines is 1. The Labute approximate surface area is 137 Å². The lowest BCUT2D eigenvalue weighted by atomic mass is 10.2. The van der Waals surface area contributed by atoms with Gasteiger partial charge in [0.25, 0.3) is 10.0 Å². The molecule has 3 aromatic rings. The van der Waals surface area contributed by atoms with Crippen LogP contribution in [0, 0.1) is 17.1 Å². The Morgan fingerprint density at radius 1 is 1.17 bits per heavy atom. The highest BCUT2D eigenvalue weighted by molar-refractivity contribution is 7.92. The maximum absolute atomic E-state index is 13.9. The van der Waals surface area contributed by atoms with Crippen LogP contribution >= 0.6 is 0 Å². The molecule has 0 radical (unpaired) electrons. The lowest BCUT2D eigenvalue weighted by Gasteiger charge is -2.07. The molecule has 0 aliphatic heterocycles. The van der Waals surface area contributed by atoms with Crippen LogP contribution in [-0.4, -0.2) is 18.4 Å². The van der Waals surface area contributed by atoms with Crippen LogP contribution in [0.3, 0.4) is 0 Å². The number of aromatic nitrogens is 2. The second kappa shape index (κ2) is 6.14. The van der Waals surface area contributed by atoms with Gasteiger partial charge in [0, 0.05) is 29.8 Å². The zero-order valence-corrected chi connectivity index (χ0v) is 13.0. The quantitative estimate of drug-likeness (QED) is 0.761. The summed E-state index contributed by atoms with van der Waals surface area (Å²) in [6, 6.07) is 10.2. The monoisotopic (exact) mass is 342 g/mol. The molecule has 8 heteroatoms. The van der Waals surface area contributed by atoms with Crippen molar-refractivity contribution in [2.45, 2.75) is 4.90 Å². The van der Waals surface area contributed by atoms with Crippen LogP contribution in [-0.2, 0) is 10.0 Å². The summed E-state index contributed by atoms with van der Waals surface area (Å²) in [5.41, 5.74) is 1.26. The molecule has 2 N–H and O–H groups in total. The molecule has 0 aliphatic rings. The third-order valence-electron chi connectivity index (χ3n) is 3.30. The molecule has 2 aromatic heterocycles. The summed E-state index contributed by atoms with van der Waals surface area (Å²) < 4.78 is 40.8. The summed E-state index contributed by atoms with van der Waals surface area (Å²) in [5.74, 6) is -0.817. The molecule has 0 fully saturated rings. The van der Waals surface area contributed by atoms with Crippen LogP contribution in [0.15, 0.2) is 59.9 Å². The third kappa shape index (κ3) is 3.11. The molecule has 3 rings (SSSR count). The number of sulfonamides is 1. The Hall–Kier alpha value is -3.18. The Balaban J connectivity index is 1.89. The maximum Gasteiger partial charge on any atom is 0.263 e. The first-order valence-corrected chi connectivity index (χ1v) is 8.29. The summed E-state index contributed by atoms with van der Waals surface area (Å²) in [6.07, 6.45) is 4.50. The third-order valence-corrected chi connectivity index (χ3v) is 4.65. The predicted molar refractivity (Wildman–Crippen MR) is 85.9 cm³/mol. The van der Waals surface area contributed by atoms with E-state index in [2.05, 4.69) is 14.7 Å². The Bertz CT molecular complexity index is 1020. The molecule has 0 spiro atoms. The molecule has 24 heavy (non-hydrogen) atoms. The minimum absolute atomic E-state index is 0.0296. The topological polar surface area (TPSA) is 98.6 Å². The standard InChI is InChI=1S/C16H11FN4O2S/c17-14-7-11(9-18)1-2-15(14)21-24(22,23)13-8-16(20-10-13)12-3-5-19-6-4-12/h1-8,10,20-21H. The molecule has 0 amide bonds. The number of pyridine rings is 1. The van der Waals surface area contributed by atoms with E-state index >= 15 is 0 Å².